The van der Waals surface area contributed by atoms with Gasteiger partial charge in [0.1, 0.15) is 0 Å². The normalized spacial score (nSPS) is 9.31. The number of hydrogen-bond acceptors (Lipinski definition) is 1. The second-order valence-corrected chi connectivity index (χ2v) is 4.52. The Morgan fingerprint density at radius 2 is 1.62 bits per heavy atom. The van der Waals surface area contributed by atoms with Crippen molar-refractivity contribution in [1.29, 1.82) is 0 Å². The van der Waals surface area contributed by atoms with Crippen molar-refractivity contribution in [2.75, 3.05) is 18.5 Å². The number of anilines is 1. The van der Waals surface area contributed by atoms with Crippen LogP contribution in [0.1, 0.15) is 40.0 Å². The van der Waals surface area contributed by atoms with Crippen molar-refractivity contribution in [2.24, 2.45) is 0 Å². The highest BCUT2D eigenvalue weighted by Gasteiger charge is 1.99. The molecule has 92 valence electrons. The third-order valence-electron chi connectivity index (χ3n) is 2.36. The summed E-state index contributed by atoms with van der Waals surface area (Å²) < 4.78 is 1.14. The summed E-state index contributed by atoms with van der Waals surface area (Å²) in [5, 5.41) is 0. The molecule has 0 aliphatic heterocycles. The summed E-state index contributed by atoms with van der Waals surface area (Å²) in [6.07, 6.45) is 3.89. The molecule has 0 saturated heterocycles. The van der Waals surface area contributed by atoms with E-state index in [1.807, 2.05) is 13.8 Å². The van der Waals surface area contributed by atoms with E-state index < -0.39 is 0 Å². The minimum atomic E-state index is 1.14. The van der Waals surface area contributed by atoms with Gasteiger partial charge in [0.25, 0.3) is 0 Å². The molecule has 0 N–H and O–H groups in total. The second-order valence-electron chi connectivity index (χ2n) is 3.61. The summed E-state index contributed by atoms with van der Waals surface area (Å²) >= 11 is 3.44. The maximum Gasteiger partial charge on any atom is 0.0364 e. The zero-order valence-corrected chi connectivity index (χ0v) is 12.5. The van der Waals surface area contributed by atoms with Gasteiger partial charge in [-0.15, -0.1) is 0 Å². The monoisotopic (exact) mass is 285 g/mol. The molecule has 0 amide bonds. The number of hydrogen-bond donors (Lipinski definition) is 0. The highest BCUT2D eigenvalue weighted by Crippen LogP contribution is 2.17. The van der Waals surface area contributed by atoms with Gasteiger partial charge >= 0.3 is 0 Å². The first-order chi connectivity index (χ1) is 7.74. The van der Waals surface area contributed by atoms with E-state index in [0.717, 1.165) is 11.0 Å². The van der Waals surface area contributed by atoms with Gasteiger partial charge in [0.15, 0.2) is 0 Å². The molecule has 1 aromatic rings. The fourth-order valence-electron chi connectivity index (χ4n) is 1.42. The topological polar surface area (TPSA) is 3.24 Å². The zero-order valence-electron chi connectivity index (χ0n) is 11.0. The van der Waals surface area contributed by atoms with E-state index in [4.69, 9.17) is 0 Å². The Kier molecular flexibility index (Phi) is 9.40. The molecule has 0 atom stereocenters. The molecule has 0 fully saturated rings. The highest BCUT2D eigenvalue weighted by atomic mass is 79.9. The van der Waals surface area contributed by atoms with Crippen LogP contribution in [0.4, 0.5) is 5.69 Å². The van der Waals surface area contributed by atoms with E-state index >= 15 is 0 Å². The van der Waals surface area contributed by atoms with Crippen molar-refractivity contribution in [1.82, 2.24) is 0 Å². The van der Waals surface area contributed by atoms with Crippen molar-refractivity contribution in [3.63, 3.8) is 0 Å². The summed E-state index contributed by atoms with van der Waals surface area (Å²) in [6, 6.07) is 8.48. The third-order valence-corrected chi connectivity index (χ3v) is 2.89. The molecular formula is C14H24BrN. The molecule has 0 saturated carbocycles. The van der Waals surface area contributed by atoms with Crippen LogP contribution in [0, 0.1) is 0 Å². The lowest BCUT2D eigenvalue weighted by atomic mass is 10.2. The lowest BCUT2D eigenvalue weighted by Gasteiger charge is -2.18. The molecule has 1 aromatic carbocycles. The molecule has 0 aliphatic carbocycles. The average molecular weight is 286 g/mol. The molecule has 0 unspecified atom stereocenters. The molecule has 0 aliphatic rings. The third kappa shape index (κ3) is 6.16. The van der Waals surface area contributed by atoms with Crippen LogP contribution >= 0.6 is 15.9 Å². The Bertz CT molecular complexity index is 256. The fourth-order valence-corrected chi connectivity index (χ4v) is 1.69. The first kappa shape index (κ1) is 15.5. The van der Waals surface area contributed by atoms with Crippen LogP contribution in [0.25, 0.3) is 0 Å². The predicted octanol–water partition coefficient (Wildman–Crippen LogP) is 5.10. The number of halogens is 1. The molecule has 0 heterocycles. The van der Waals surface area contributed by atoms with Crippen LogP contribution in [0.3, 0.4) is 0 Å². The van der Waals surface area contributed by atoms with Gasteiger partial charge in [-0.1, -0.05) is 49.5 Å². The van der Waals surface area contributed by atoms with Gasteiger partial charge in [-0.25, -0.2) is 0 Å². The maximum absolute atomic E-state index is 3.44. The molecule has 16 heavy (non-hydrogen) atoms. The van der Waals surface area contributed by atoms with Gasteiger partial charge in [0.2, 0.25) is 0 Å². The summed E-state index contributed by atoms with van der Waals surface area (Å²) in [7, 11) is 2.15. The average Bonchev–Trinajstić information content (AvgIpc) is 2.33. The minimum absolute atomic E-state index is 1.14. The summed E-state index contributed by atoms with van der Waals surface area (Å²) in [6.45, 7) is 7.38. The summed E-state index contributed by atoms with van der Waals surface area (Å²) in [5.41, 5.74) is 1.30. The first-order valence-electron chi connectivity index (χ1n) is 6.20. The molecule has 1 rings (SSSR count). The first-order valence-corrected chi connectivity index (χ1v) is 7.00. The van der Waals surface area contributed by atoms with E-state index in [1.54, 1.807) is 0 Å². The van der Waals surface area contributed by atoms with Crippen molar-refractivity contribution < 1.29 is 0 Å². The molecule has 2 heteroatoms. The van der Waals surface area contributed by atoms with Gasteiger partial charge in [0, 0.05) is 23.8 Å². The Balaban J connectivity index is 0.00000106. The van der Waals surface area contributed by atoms with Crippen LogP contribution in [0.5, 0.6) is 0 Å². The second kappa shape index (κ2) is 9.71. The van der Waals surface area contributed by atoms with Gasteiger partial charge in [-0.05, 0) is 30.7 Å². The molecular weight excluding hydrogens is 262 g/mol. The Morgan fingerprint density at radius 3 is 2.12 bits per heavy atom. The predicted molar refractivity (Wildman–Crippen MR) is 78.3 cm³/mol. The van der Waals surface area contributed by atoms with Crippen LogP contribution in [-0.4, -0.2) is 13.6 Å². The van der Waals surface area contributed by atoms with E-state index in [0.29, 0.717) is 0 Å². The molecule has 0 radical (unpaired) electrons. The van der Waals surface area contributed by atoms with Crippen molar-refractivity contribution >= 4 is 21.6 Å². The number of nitrogens with zero attached hydrogens (tertiary/aromatic N) is 1. The van der Waals surface area contributed by atoms with Crippen molar-refractivity contribution in [2.45, 2.75) is 40.0 Å². The molecule has 0 bridgehead atoms. The van der Waals surface area contributed by atoms with Crippen molar-refractivity contribution in [3.8, 4) is 0 Å². The quantitative estimate of drug-likeness (QED) is 0.680. The van der Waals surface area contributed by atoms with E-state index in [9.17, 15) is 0 Å². The van der Waals surface area contributed by atoms with Gasteiger partial charge in [-0.2, -0.15) is 0 Å². The Labute approximate surface area is 109 Å². The fraction of sp³-hybridized carbons (Fsp3) is 0.571. The van der Waals surface area contributed by atoms with Crippen molar-refractivity contribution in [3.05, 3.63) is 28.7 Å². The standard InChI is InChI=1S/C12H18BrN.C2H6/c1-3-4-5-10-14(2)12-8-6-11(13)7-9-12;1-2/h6-9H,3-5,10H2,1-2H3;1-2H3. The number of rotatable bonds is 5. The summed E-state index contributed by atoms with van der Waals surface area (Å²) in [4.78, 5) is 2.31. The van der Waals surface area contributed by atoms with Gasteiger partial charge < -0.3 is 4.90 Å². The number of unbranched alkanes of at least 4 members (excludes halogenated alkanes) is 2. The largest absolute Gasteiger partial charge is 0.375 e. The smallest absolute Gasteiger partial charge is 0.0364 e. The SMILES string of the molecule is CC.CCCCCN(C)c1ccc(Br)cc1. The van der Waals surface area contributed by atoms with Crippen LogP contribution in [-0.2, 0) is 0 Å². The maximum atomic E-state index is 3.44. The summed E-state index contributed by atoms with van der Waals surface area (Å²) in [5.74, 6) is 0. The Hall–Kier alpha value is -0.500. The van der Waals surface area contributed by atoms with Crippen LogP contribution in [0.15, 0.2) is 28.7 Å². The molecule has 0 spiro atoms. The number of benzene rings is 1. The van der Waals surface area contributed by atoms with E-state index in [-0.39, 0.29) is 0 Å². The van der Waals surface area contributed by atoms with Crippen LogP contribution < -0.4 is 4.90 Å². The van der Waals surface area contributed by atoms with Crippen LogP contribution in [0.2, 0.25) is 0 Å². The van der Waals surface area contributed by atoms with E-state index in [2.05, 4.69) is 59.1 Å². The Morgan fingerprint density at radius 1 is 1.06 bits per heavy atom. The molecule has 1 nitrogen and oxygen atoms in total. The van der Waals surface area contributed by atoms with Gasteiger partial charge in [0.05, 0.1) is 0 Å². The lowest BCUT2D eigenvalue weighted by Crippen LogP contribution is -2.18. The zero-order chi connectivity index (χ0) is 12.4. The van der Waals surface area contributed by atoms with E-state index in [1.165, 1.54) is 24.9 Å². The van der Waals surface area contributed by atoms with Gasteiger partial charge in [-0.3, -0.25) is 0 Å². The highest BCUT2D eigenvalue weighted by molar-refractivity contribution is 9.10. The lowest BCUT2D eigenvalue weighted by molar-refractivity contribution is 0.705. The molecule has 0 aromatic heterocycles. The minimum Gasteiger partial charge on any atom is -0.375 e.